The Bertz CT molecular complexity index is 256. The molecule has 0 aliphatic carbocycles. The quantitative estimate of drug-likeness (QED) is 0.738. The van der Waals surface area contributed by atoms with Crippen molar-refractivity contribution in [3.05, 3.63) is 24.5 Å². The fourth-order valence-corrected chi connectivity index (χ4v) is 1.55. The Labute approximate surface area is 78.8 Å². The minimum Gasteiger partial charge on any atom is -0.373 e. The molecule has 1 aromatic rings. The maximum Gasteiger partial charge on any atom is 0.0550 e. The molecule has 0 aromatic carbocycles. The minimum atomic E-state index is 0.810. The highest BCUT2D eigenvalue weighted by Crippen LogP contribution is 2.13. The summed E-state index contributed by atoms with van der Waals surface area (Å²) in [6, 6.07) is 4.07. The first-order chi connectivity index (χ1) is 6.36. The largest absolute Gasteiger partial charge is 0.373 e. The van der Waals surface area contributed by atoms with Crippen molar-refractivity contribution >= 4 is 5.69 Å². The molecule has 0 unspecified atom stereocenters. The monoisotopic (exact) mass is 177 g/mol. The highest BCUT2D eigenvalue weighted by molar-refractivity contribution is 5.42. The molecule has 0 radical (unpaired) electrons. The minimum absolute atomic E-state index is 0.810. The van der Waals surface area contributed by atoms with Gasteiger partial charge in [-0.25, -0.2) is 0 Å². The Hall–Kier alpha value is -1.09. The van der Waals surface area contributed by atoms with E-state index < -0.39 is 0 Å². The Balaban J connectivity index is 1.92. The van der Waals surface area contributed by atoms with Gasteiger partial charge >= 0.3 is 0 Å². The van der Waals surface area contributed by atoms with Crippen molar-refractivity contribution in [3.63, 3.8) is 0 Å². The van der Waals surface area contributed by atoms with Crippen LogP contribution >= 0.6 is 0 Å². The topological polar surface area (TPSA) is 28.2 Å². The van der Waals surface area contributed by atoms with Gasteiger partial charge in [-0.1, -0.05) is 0 Å². The van der Waals surface area contributed by atoms with Gasteiger partial charge in [-0.2, -0.15) is 0 Å². The van der Waals surface area contributed by atoms with Crippen LogP contribution in [0.5, 0.6) is 0 Å². The van der Waals surface area contributed by atoms with Gasteiger partial charge in [0.25, 0.3) is 0 Å². The van der Waals surface area contributed by atoms with E-state index in [9.17, 15) is 0 Å². The third-order valence-corrected chi connectivity index (χ3v) is 2.48. The van der Waals surface area contributed by atoms with Gasteiger partial charge in [0, 0.05) is 38.8 Å². The van der Waals surface area contributed by atoms with E-state index in [4.69, 9.17) is 0 Å². The van der Waals surface area contributed by atoms with Crippen LogP contribution < -0.4 is 10.2 Å². The van der Waals surface area contributed by atoms with Crippen LogP contribution in [0, 0.1) is 5.92 Å². The number of pyridine rings is 1. The number of hydrogen-bond donors (Lipinski definition) is 1. The summed E-state index contributed by atoms with van der Waals surface area (Å²) in [6.07, 6.45) is 3.72. The van der Waals surface area contributed by atoms with Crippen molar-refractivity contribution in [1.82, 2.24) is 10.3 Å². The van der Waals surface area contributed by atoms with Crippen LogP contribution in [0.1, 0.15) is 0 Å². The Morgan fingerprint density at radius 3 is 3.00 bits per heavy atom. The van der Waals surface area contributed by atoms with Crippen LogP contribution in [0.15, 0.2) is 24.5 Å². The molecule has 70 valence electrons. The molecule has 1 aliphatic heterocycles. The summed E-state index contributed by atoms with van der Waals surface area (Å²) in [5, 5.41) is 3.28. The van der Waals surface area contributed by atoms with Crippen molar-refractivity contribution in [1.29, 1.82) is 0 Å². The van der Waals surface area contributed by atoms with E-state index in [2.05, 4.69) is 28.3 Å². The molecule has 3 nitrogen and oxygen atoms in total. The lowest BCUT2D eigenvalue weighted by atomic mass is 10.0. The Kier molecular flexibility index (Phi) is 2.45. The number of nitrogens with one attached hydrogen (secondary N) is 1. The van der Waals surface area contributed by atoms with Crippen molar-refractivity contribution in [3.8, 4) is 0 Å². The number of anilines is 1. The van der Waals surface area contributed by atoms with E-state index in [-0.39, 0.29) is 0 Å². The van der Waals surface area contributed by atoms with Crippen molar-refractivity contribution in [2.75, 3.05) is 31.6 Å². The summed E-state index contributed by atoms with van der Waals surface area (Å²) in [4.78, 5) is 6.36. The first kappa shape index (κ1) is 8.51. The molecule has 0 spiro atoms. The number of hydrogen-bond acceptors (Lipinski definition) is 3. The van der Waals surface area contributed by atoms with E-state index in [1.54, 1.807) is 0 Å². The van der Waals surface area contributed by atoms with E-state index in [1.165, 1.54) is 5.69 Å². The first-order valence-electron chi connectivity index (χ1n) is 4.68. The molecule has 1 aromatic heterocycles. The van der Waals surface area contributed by atoms with Gasteiger partial charge in [0.05, 0.1) is 11.9 Å². The molecule has 0 bridgehead atoms. The molecular formula is C10H15N3. The normalized spacial score (nSPS) is 16.7. The summed E-state index contributed by atoms with van der Waals surface area (Å²) in [6.45, 7) is 3.44. The van der Waals surface area contributed by atoms with Gasteiger partial charge in [-0.05, 0) is 12.1 Å². The van der Waals surface area contributed by atoms with E-state index >= 15 is 0 Å². The maximum atomic E-state index is 4.10. The molecule has 2 heterocycles. The van der Waals surface area contributed by atoms with E-state index in [0.717, 1.165) is 25.6 Å². The molecule has 0 saturated carbocycles. The maximum absolute atomic E-state index is 4.10. The van der Waals surface area contributed by atoms with Crippen LogP contribution in [0.4, 0.5) is 5.69 Å². The molecule has 2 rings (SSSR count). The second-order valence-corrected chi connectivity index (χ2v) is 3.62. The lowest BCUT2D eigenvalue weighted by molar-refractivity contribution is 0.353. The molecule has 3 heteroatoms. The summed E-state index contributed by atoms with van der Waals surface area (Å²) in [7, 11) is 2.12. The van der Waals surface area contributed by atoms with Gasteiger partial charge in [0.1, 0.15) is 0 Å². The molecule has 13 heavy (non-hydrogen) atoms. The van der Waals surface area contributed by atoms with Gasteiger partial charge in [0.15, 0.2) is 0 Å². The van der Waals surface area contributed by atoms with Crippen LogP contribution in [0.25, 0.3) is 0 Å². The fourth-order valence-electron chi connectivity index (χ4n) is 1.55. The van der Waals surface area contributed by atoms with Crippen LogP contribution in [-0.2, 0) is 0 Å². The third kappa shape index (κ3) is 1.98. The molecule has 1 N–H and O–H groups in total. The molecule has 1 saturated heterocycles. The second-order valence-electron chi connectivity index (χ2n) is 3.62. The van der Waals surface area contributed by atoms with E-state index in [0.29, 0.717) is 0 Å². The van der Waals surface area contributed by atoms with Crippen LogP contribution in [-0.4, -0.2) is 31.7 Å². The molecule has 0 amide bonds. The smallest absolute Gasteiger partial charge is 0.0550 e. The SMILES string of the molecule is CN(CC1CNC1)c1cccnc1. The Morgan fingerprint density at radius 2 is 2.46 bits per heavy atom. The summed E-state index contributed by atoms with van der Waals surface area (Å²) in [5.41, 5.74) is 1.20. The molecule has 1 aliphatic rings. The van der Waals surface area contributed by atoms with Crippen LogP contribution in [0.3, 0.4) is 0 Å². The zero-order chi connectivity index (χ0) is 9.10. The second kappa shape index (κ2) is 3.75. The highest BCUT2D eigenvalue weighted by atomic mass is 15.1. The molecule has 1 fully saturated rings. The number of nitrogens with zero attached hydrogens (tertiary/aromatic N) is 2. The average Bonchev–Trinajstić information content (AvgIpc) is 2.12. The predicted molar refractivity (Wildman–Crippen MR) is 53.9 cm³/mol. The van der Waals surface area contributed by atoms with Crippen molar-refractivity contribution in [2.24, 2.45) is 5.92 Å². The third-order valence-electron chi connectivity index (χ3n) is 2.48. The van der Waals surface area contributed by atoms with Gasteiger partial charge in [0.2, 0.25) is 0 Å². The summed E-state index contributed by atoms with van der Waals surface area (Å²) in [5.74, 6) is 0.810. The van der Waals surface area contributed by atoms with Gasteiger partial charge in [-0.3, -0.25) is 4.98 Å². The lowest BCUT2D eigenvalue weighted by Gasteiger charge is -2.32. The molecular weight excluding hydrogens is 162 g/mol. The van der Waals surface area contributed by atoms with E-state index in [1.807, 2.05) is 18.5 Å². The average molecular weight is 177 g/mol. The summed E-state index contributed by atoms with van der Waals surface area (Å²) < 4.78 is 0. The highest BCUT2D eigenvalue weighted by Gasteiger charge is 2.18. The first-order valence-corrected chi connectivity index (χ1v) is 4.68. The summed E-state index contributed by atoms with van der Waals surface area (Å²) >= 11 is 0. The lowest BCUT2D eigenvalue weighted by Crippen LogP contribution is -2.47. The number of aromatic nitrogens is 1. The predicted octanol–water partition coefficient (Wildman–Crippen LogP) is 0.737. The standard InChI is InChI=1S/C10H15N3/c1-13(8-9-5-12-6-9)10-3-2-4-11-7-10/h2-4,7,9,12H,5-6,8H2,1H3. The van der Waals surface area contributed by atoms with Gasteiger partial charge < -0.3 is 10.2 Å². The molecule has 0 atom stereocenters. The van der Waals surface area contributed by atoms with Crippen LogP contribution in [0.2, 0.25) is 0 Å². The van der Waals surface area contributed by atoms with Crippen molar-refractivity contribution in [2.45, 2.75) is 0 Å². The number of rotatable bonds is 3. The zero-order valence-electron chi connectivity index (χ0n) is 7.90. The van der Waals surface area contributed by atoms with Crippen molar-refractivity contribution < 1.29 is 0 Å². The van der Waals surface area contributed by atoms with Gasteiger partial charge in [-0.15, -0.1) is 0 Å². The Morgan fingerprint density at radius 1 is 1.62 bits per heavy atom. The zero-order valence-corrected chi connectivity index (χ0v) is 7.90. The fraction of sp³-hybridized carbons (Fsp3) is 0.500.